The smallest absolute Gasteiger partial charge is 0.326 e. The fraction of sp³-hybridized carbons (Fsp3) is 0.519. The van der Waals surface area contributed by atoms with Crippen molar-refractivity contribution in [2.24, 2.45) is 17.4 Å². The molecule has 238 valence electrons. The first-order valence-electron chi connectivity index (χ1n) is 13.4. The van der Waals surface area contributed by atoms with Crippen LogP contribution >= 0.6 is 0 Å². The molecular weight excluding hydrogens is 568 g/mol. The van der Waals surface area contributed by atoms with Crippen molar-refractivity contribution >= 4 is 41.5 Å². The molecule has 0 saturated heterocycles. The van der Waals surface area contributed by atoms with E-state index in [-0.39, 0.29) is 12.3 Å². The standard InChI is InChI=1S/C27H40N6O10/c1-13(2)21(29)25(40)33-22(14(3)34)26(41)30-16(9-10-20(36)37)23(38)31-17(12-19(28)35)24(39)32-18(27(42)43)11-15-7-5-4-6-8-15/h4-8,13-14,16-18,21-22,34H,9-12,29H2,1-3H3,(H2,28,35)(H,30,41)(H,31,38)(H,32,39)(H,33,40)(H,36,37)(H,42,43)/t14-,16+,17+,18+,21+,22+/m1/s1. The molecule has 5 amide bonds. The molecule has 0 aliphatic rings. The molecule has 43 heavy (non-hydrogen) atoms. The highest BCUT2D eigenvalue weighted by atomic mass is 16.4. The Labute approximate surface area is 247 Å². The summed E-state index contributed by atoms with van der Waals surface area (Å²) in [4.78, 5) is 86.3. The molecular formula is C27H40N6O10. The molecule has 0 radical (unpaired) electrons. The van der Waals surface area contributed by atoms with Crippen molar-refractivity contribution in [3.8, 4) is 0 Å². The van der Waals surface area contributed by atoms with Crippen LogP contribution in [0.25, 0.3) is 0 Å². The Morgan fingerprint density at radius 2 is 1.30 bits per heavy atom. The highest BCUT2D eigenvalue weighted by Crippen LogP contribution is 2.07. The first kappa shape index (κ1) is 36.5. The van der Waals surface area contributed by atoms with Gasteiger partial charge in [0.25, 0.3) is 0 Å². The van der Waals surface area contributed by atoms with E-state index in [0.29, 0.717) is 5.56 Å². The maximum atomic E-state index is 13.2. The van der Waals surface area contributed by atoms with Gasteiger partial charge < -0.3 is 48.1 Å². The number of carbonyl (C=O) groups excluding carboxylic acids is 5. The fourth-order valence-electron chi connectivity index (χ4n) is 3.76. The summed E-state index contributed by atoms with van der Waals surface area (Å²) < 4.78 is 0. The monoisotopic (exact) mass is 608 g/mol. The molecule has 0 aromatic heterocycles. The number of carbonyl (C=O) groups is 7. The lowest BCUT2D eigenvalue weighted by Crippen LogP contribution is -2.61. The summed E-state index contributed by atoms with van der Waals surface area (Å²) in [6.45, 7) is 4.51. The molecule has 11 N–H and O–H groups in total. The number of aliphatic hydroxyl groups is 1. The van der Waals surface area contributed by atoms with Crippen LogP contribution in [0.1, 0.15) is 45.6 Å². The Bertz CT molecular complexity index is 1160. The van der Waals surface area contributed by atoms with Crippen LogP contribution in [-0.4, -0.2) is 93.1 Å². The van der Waals surface area contributed by atoms with Gasteiger partial charge in [0.05, 0.1) is 18.6 Å². The molecule has 0 unspecified atom stereocenters. The number of rotatable bonds is 18. The molecule has 0 heterocycles. The van der Waals surface area contributed by atoms with E-state index < -0.39 is 97.1 Å². The molecule has 16 nitrogen and oxygen atoms in total. The van der Waals surface area contributed by atoms with Gasteiger partial charge in [-0.15, -0.1) is 0 Å². The maximum absolute atomic E-state index is 13.2. The summed E-state index contributed by atoms with van der Waals surface area (Å²) in [6.07, 6.45) is -3.45. The number of nitrogens with one attached hydrogen (secondary N) is 4. The maximum Gasteiger partial charge on any atom is 0.326 e. The molecule has 0 fully saturated rings. The third kappa shape index (κ3) is 12.9. The van der Waals surface area contributed by atoms with E-state index in [9.17, 15) is 43.8 Å². The van der Waals surface area contributed by atoms with Crippen LogP contribution in [0.3, 0.4) is 0 Å². The second-order valence-electron chi connectivity index (χ2n) is 10.3. The summed E-state index contributed by atoms with van der Waals surface area (Å²) in [5, 5.41) is 37.8. The van der Waals surface area contributed by atoms with Gasteiger partial charge in [-0.2, -0.15) is 0 Å². The second kappa shape index (κ2) is 17.4. The van der Waals surface area contributed by atoms with Gasteiger partial charge in [0.2, 0.25) is 29.5 Å². The normalized spacial score (nSPS) is 15.1. The molecule has 0 bridgehead atoms. The summed E-state index contributed by atoms with van der Waals surface area (Å²) in [5.41, 5.74) is 11.6. The predicted octanol–water partition coefficient (Wildman–Crippen LogP) is -2.64. The molecule has 1 aromatic carbocycles. The molecule has 16 heteroatoms. The first-order valence-corrected chi connectivity index (χ1v) is 13.4. The predicted molar refractivity (Wildman–Crippen MR) is 151 cm³/mol. The van der Waals surface area contributed by atoms with Crippen molar-refractivity contribution in [1.82, 2.24) is 21.3 Å². The van der Waals surface area contributed by atoms with Crippen LogP contribution in [0.15, 0.2) is 30.3 Å². The number of hydrogen-bond acceptors (Lipinski definition) is 9. The van der Waals surface area contributed by atoms with Gasteiger partial charge in [0, 0.05) is 12.8 Å². The molecule has 1 rings (SSSR count). The van der Waals surface area contributed by atoms with Crippen molar-refractivity contribution < 1.29 is 48.9 Å². The Morgan fingerprint density at radius 3 is 1.79 bits per heavy atom. The minimum Gasteiger partial charge on any atom is -0.481 e. The van der Waals surface area contributed by atoms with E-state index in [0.717, 1.165) is 0 Å². The van der Waals surface area contributed by atoms with E-state index >= 15 is 0 Å². The number of aliphatic hydroxyl groups excluding tert-OH is 1. The van der Waals surface area contributed by atoms with Crippen LogP contribution in [0.5, 0.6) is 0 Å². The third-order valence-electron chi connectivity index (χ3n) is 6.30. The molecule has 6 atom stereocenters. The minimum absolute atomic E-state index is 0.122. The molecule has 0 spiro atoms. The zero-order valence-corrected chi connectivity index (χ0v) is 24.1. The average Bonchev–Trinajstić information content (AvgIpc) is 2.92. The van der Waals surface area contributed by atoms with Crippen molar-refractivity contribution in [3.63, 3.8) is 0 Å². The van der Waals surface area contributed by atoms with Gasteiger partial charge in [-0.25, -0.2) is 4.79 Å². The summed E-state index contributed by atoms with van der Waals surface area (Å²) >= 11 is 0. The molecule has 1 aromatic rings. The lowest BCUT2D eigenvalue weighted by atomic mass is 10.0. The number of carboxylic acid groups (broad SMARTS) is 2. The average molecular weight is 609 g/mol. The summed E-state index contributed by atoms with van der Waals surface area (Å²) in [5.74, 6) is -8.06. The van der Waals surface area contributed by atoms with Crippen LogP contribution in [0.2, 0.25) is 0 Å². The lowest BCUT2D eigenvalue weighted by Gasteiger charge is -2.27. The van der Waals surface area contributed by atoms with Crippen LogP contribution in [-0.2, 0) is 40.0 Å². The van der Waals surface area contributed by atoms with Crippen molar-refractivity contribution in [1.29, 1.82) is 0 Å². The topological polar surface area (TPSA) is 280 Å². The Balaban J connectivity index is 3.16. The van der Waals surface area contributed by atoms with Gasteiger partial charge in [0.1, 0.15) is 24.2 Å². The van der Waals surface area contributed by atoms with E-state index in [1.165, 1.54) is 6.92 Å². The van der Waals surface area contributed by atoms with Crippen molar-refractivity contribution in [3.05, 3.63) is 35.9 Å². The number of aliphatic carboxylic acids is 2. The number of hydrogen-bond donors (Lipinski definition) is 9. The van der Waals surface area contributed by atoms with Crippen molar-refractivity contribution in [2.75, 3.05) is 0 Å². The number of carboxylic acids is 2. The van der Waals surface area contributed by atoms with Crippen LogP contribution < -0.4 is 32.7 Å². The SMILES string of the molecule is CC(C)[C@H](N)C(=O)N[C@H](C(=O)N[C@@H](CCC(=O)O)C(=O)N[C@@H](CC(N)=O)C(=O)N[C@@H](Cc1ccccc1)C(=O)O)[C@@H](C)O. The molecule has 0 aliphatic heterocycles. The quantitative estimate of drug-likeness (QED) is 0.0830. The van der Waals surface area contributed by atoms with Gasteiger partial charge in [-0.1, -0.05) is 44.2 Å². The van der Waals surface area contributed by atoms with E-state index in [1.807, 2.05) is 0 Å². The highest BCUT2D eigenvalue weighted by molar-refractivity contribution is 5.97. The summed E-state index contributed by atoms with van der Waals surface area (Å²) in [7, 11) is 0. The second-order valence-corrected chi connectivity index (χ2v) is 10.3. The zero-order valence-electron chi connectivity index (χ0n) is 24.1. The molecule has 0 saturated carbocycles. The van der Waals surface area contributed by atoms with Crippen molar-refractivity contribution in [2.45, 2.75) is 82.8 Å². The highest BCUT2D eigenvalue weighted by Gasteiger charge is 2.34. The Hall–Kier alpha value is -4.57. The summed E-state index contributed by atoms with van der Waals surface area (Å²) in [6, 6.07) is 0.964. The van der Waals surface area contributed by atoms with Crippen LogP contribution in [0.4, 0.5) is 0 Å². The first-order chi connectivity index (χ1) is 20.0. The number of amides is 5. The number of benzene rings is 1. The minimum atomic E-state index is -1.69. The lowest BCUT2D eigenvalue weighted by molar-refractivity contribution is -0.142. The van der Waals surface area contributed by atoms with E-state index in [2.05, 4.69) is 21.3 Å². The van der Waals surface area contributed by atoms with Gasteiger partial charge in [-0.3, -0.25) is 28.8 Å². The largest absolute Gasteiger partial charge is 0.481 e. The molecule has 0 aliphatic carbocycles. The Kier molecular flexibility index (Phi) is 14.8. The number of primary amides is 1. The fourth-order valence-corrected chi connectivity index (χ4v) is 3.76. The number of nitrogens with two attached hydrogens (primary N) is 2. The van der Waals surface area contributed by atoms with E-state index in [1.54, 1.807) is 44.2 Å². The third-order valence-corrected chi connectivity index (χ3v) is 6.30. The van der Waals surface area contributed by atoms with Gasteiger partial charge in [-0.05, 0) is 24.8 Å². The zero-order chi connectivity index (χ0) is 32.9. The van der Waals surface area contributed by atoms with Crippen LogP contribution in [0, 0.1) is 5.92 Å². The van der Waals surface area contributed by atoms with Gasteiger partial charge >= 0.3 is 11.9 Å². The Morgan fingerprint density at radius 1 is 0.767 bits per heavy atom. The van der Waals surface area contributed by atoms with E-state index in [4.69, 9.17) is 16.6 Å². The van der Waals surface area contributed by atoms with Gasteiger partial charge in [0.15, 0.2) is 0 Å².